The topological polar surface area (TPSA) is 113 Å². The zero-order valence-corrected chi connectivity index (χ0v) is 39.2. The molecule has 0 saturated carbocycles. The van der Waals surface area contributed by atoms with Crippen LogP contribution in [0.1, 0.15) is 159 Å². The van der Waals surface area contributed by atoms with Gasteiger partial charge in [-0.15, -0.1) is 0 Å². The van der Waals surface area contributed by atoms with Crippen LogP contribution in [-0.4, -0.2) is 45.1 Å². The van der Waals surface area contributed by atoms with Crippen LogP contribution in [0.5, 0.6) is 0 Å². The summed E-state index contributed by atoms with van der Waals surface area (Å²) in [5.41, 5.74) is 8.51. The van der Waals surface area contributed by atoms with Crippen LogP contribution >= 0.6 is 0 Å². The van der Waals surface area contributed by atoms with Gasteiger partial charge in [0, 0.05) is 35.9 Å². The second-order valence-corrected chi connectivity index (χ2v) is 17.4. The maximum atomic E-state index is 13.1. The molecular weight excluding hydrogens is 809 g/mol. The monoisotopic (exact) mass is 875 g/mol. The van der Waals surface area contributed by atoms with Crippen molar-refractivity contribution in [2.75, 3.05) is 13.2 Å². The molecule has 6 rings (SSSR count). The van der Waals surface area contributed by atoms with Crippen molar-refractivity contribution in [3.8, 4) is 22.8 Å². The number of benzene rings is 4. The first-order valence-electron chi connectivity index (χ1n) is 23.7. The van der Waals surface area contributed by atoms with Gasteiger partial charge >= 0.3 is 11.9 Å². The highest BCUT2D eigenvalue weighted by atomic mass is 16.5. The molecule has 0 fully saturated rings. The minimum Gasteiger partial charge on any atom is -0.462 e. The highest BCUT2D eigenvalue weighted by molar-refractivity contribution is 5.90. The fourth-order valence-electron chi connectivity index (χ4n) is 7.30. The third kappa shape index (κ3) is 14.0. The van der Waals surface area contributed by atoms with Gasteiger partial charge in [0.05, 0.1) is 24.3 Å². The molecule has 0 amide bonds. The predicted octanol–water partition coefficient (Wildman–Crippen LogP) is 13.4. The average Bonchev–Trinajstić information content (AvgIpc) is 3.36. The van der Waals surface area contributed by atoms with Crippen molar-refractivity contribution >= 4 is 11.9 Å². The zero-order chi connectivity index (χ0) is 46.0. The van der Waals surface area contributed by atoms with E-state index in [0.717, 1.165) is 83.0 Å². The highest BCUT2D eigenvalue weighted by Gasteiger charge is 2.25. The van der Waals surface area contributed by atoms with Gasteiger partial charge in [-0.25, -0.2) is 29.5 Å². The summed E-state index contributed by atoms with van der Waals surface area (Å²) in [6, 6.07) is 31.2. The summed E-state index contributed by atoms with van der Waals surface area (Å²) in [6.07, 6.45) is 17.3. The number of aryl methyl sites for hydroxylation is 2. The first-order valence-corrected chi connectivity index (χ1v) is 23.7. The number of carbonyl (C=O) groups is 2. The summed E-state index contributed by atoms with van der Waals surface area (Å²) in [6.45, 7) is 13.4. The summed E-state index contributed by atoms with van der Waals surface area (Å²) >= 11 is 0. The minimum absolute atomic E-state index is 0.275. The van der Waals surface area contributed by atoms with E-state index in [0.29, 0.717) is 36.0 Å². The maximum Gasteiger partial charge on any atom is 0.338 e. The fraction of sp³-hybridized carbons (Fsp3) is 0.393. The Morgan fingerprint density at radius 3 is 1.09 bits per heavy atom. The molecule has 2 aromatic heterocycles. The van der Waals surface area contributed by atoms with Gasteiger partial charge < -0.3 is 14.2 Å². The van der Waals surface area contributed by atoms with E-state index in [2.05, 4.69) is 41.5 Å². The lowest BCUT2D eigenvalue weighted by molar-refractivity contribution is 0.0306. The lowest BCUT2D eigenvalue weighted by Gasteiger charge is -2.27. The lowest BCUT2D eigenvalue weighted by atomic mass is 9.95. The molecule has 0 N–H and O–H groups in total. The van der Waals surface area contributed by atoms with Crippen LogP contribution in [0.4, 0.5) is 0 Å². The molecule has 0 saturated heterocycles. The third-order valence-corrected chi connectivity index (χ3v) is 12.1. The molecule has 65 heavy (non-hydrogen) atoms. The Morgan fingerprint density at radius 2 is 0.785 bits per heavy atom. The molecule has 0 bridgehead atoms. The number of ether oxygens (including phenoxy) is 3. The van der Waals surface area contributed by atoms with Crippen molar-refractivity contribution in [2.24, 2.45) is 11.8 Å². The molecule has 0 aliphatic carbocycles. The average molecular weight is 875 g/mol. The van der Waals surface area contributed by atoms with E-state index in [1.54, 1.807) is 24.3 Å². The smallest absolute Gasteiger partial charge is 0.338 e. The first kappa shape index (κ1) is 48.4. The Hall–Kier alpha value is -6.06. The summed E-state index contributed by atoms with van der Waals surface area (Å²) in [4.78, 5) is 45.0. The molecule has 0 radical (unpaired) electrons. The molecular formula is C56H66N4O5. The van der Waals surface area contributed by atoms with Crippen LogP contribution in [0, 0.1) is 11.8 Å². The Morgan fingerprint density at radius 1 is 0.462 bits per heavy atom. The van der Waals surface area contributed by atoms with E-state index in [-0.39, 0.29) is 23.8 Å². The minimum atomic E-state index is -0.579. The van der Waals surface area contributed by atoms with Gasteiger partial charge in [-0.2, -0.15) is 0 Å². The molecule has 9 heteroatoms. The standard InChI is InChI=1S/C56H66N4O5/c1-7-11-13-15-41-33-57-53(58-34-41)47-25-17-43(18-26-47)51(45-21-29-49(30-22-45)55(61)63-37-39(5)9-3)65-52(46-23-31-50(32-24-46)56(62)64-38-40(6)10-4)44-19-27-48(28-20-44)54-59-35-42(36-60-54)16-14-12-8-2/h17-36,39-40,51-52H,7-16,37-38H2,1-6H3. The number of rotatable bonds is 24. The summed E-state index contributed by atoms with van der Waals surface area (Å²) in [7, 11) is 0. The van der Waals surface area contributed by atoms with Crippen molar-refractivity contribution in [1.29, 1.82) is 0 Å². The van der Waals surface area contributed by atoms with E-state index in [1.165, 1.54) is 25.7 Å². The van der Waals surface area contributed by atoms with Crippen molar-refractivity contribution in [2.45, 2.75) is 118 Å². The van der Waals surface area contributed by atoms with Gasteiger partial charge in [-0.3, -0.25) is 0 Å². The van der Waals surface area contributed by atoms with Gasteiger partial charge in [-0.05, 0) is 95.2 Å². The van der Waals surface area contributed by atoms with Crippen molar-refractivity contribution in [1.82, 2.24) is 19.9 Å². The number of esters is 2. The number of aromatic nitrogens is 4. The second-order valence-electron chi connectivity index (χ2n) is 17.4. The summed E-state index contributed by atoms with van der Waals surface area (Å²) in [5.74, 6) is 1.15. The Bertz CT molecular complexity index is 2180. The van der Waals surface area contributed by atoms with Crippen LogP contribution in [0.15, 0.2) is 122 Å². The molecule has 4 aromatic carbocycles. The van der Waals surface area contributed by atoms with E-state index >= 15 is 0 Å². The molecule has 0 aliphatic heterocycles. The van der Waals surface area contributed by atoms with E-state index in [9.17, 15) is 9.59 Å². The molecule has 0 aliphatic rings. The number of carbonyl (C=O) groups excluding carboxylic acids is 2. The Kier molecular flexibility index (Phi) is 18.5. The number of unbranched alkanes of at least 4 members (excludes halogenated alkanes) is 4. The molecule has 0 spiro atoms. The van der Waals surface area contributed by atoms with Crippen LogP contribution in [0.2, 0.25) is 0 Å². The normalized spacial score (nSPS) is 13.1. The fourth-order valence-corrected chi connectivity index (χ4v) is 7.30. The van der Waals surface area contributed by atoms with E-state index < -0.39 is 12.2 Å². The van der Waals surface area contributed by atoms with Gasteiger partial charge in [-0.1, -0.05) is 153 Å². The quantitative estimate of drug-likeness (QED) is 0.0433. The van der Waals surface area contributed by atoms with Crippen molar-refractivity contribution in [3.63, 3.8) is 0 Å². The molecule has 9 nitrogen and oxygen atoms in total. The Labute approximate surface area is 386 Å². The molecule has 6 aromatic rings. The Balaban J connectivity index is 1.35. The molecule has 4 atom stereocenters. The lowest BCUT2D eigenvalue weighted by Crippen LogP contribution is -2.15. The van der Waals surface area contributed by atoms with Gasteiger partial charge in [0.1, 0.15) is 12.2 Å². The van der Waals surface area contributed by atoms with Crippen molar-refractivity contribution in [3.05, 3.63) is 166 Å². The molecule has 4 unspecified atom stereocenters. The number of hydrogen-bond acceptors (Lipinski definition) is 9. The molecule has 2 heterocycles. The largest absolute Gasteiger partial charge is 0.462 e. The second kappa shape index (κ2) is 24.9. The van der Waals surface area contributed by atoms with Crippen LogP contribution in [0.3, 0.4) is 0 Å². The summed E-state index contributed by atoms with van der Waals surface area (Å²) < 4.78 is 18.6. The van der Waals surface area contributed by atoms with Crippen LogP contribution < -0.4 is 0 Å². The molecule has 340 valence electrons. The number of nitrogens with zero attached hydrogens (tertiary/aromatic N) is 4. The van der Waals surface area contributed by atoms with Gasteiger partial charge in [0.25, 0.3) is 0 Å². The zero-order valence-electron chi connectivity index (χ0n) is 39.2. The number of hydrogen-bond donors (Lipinski definition) is 0. The highest BCUT2D eigenvalue weighted by Crippen LogP contribution is 2.38. The van der Waals surface area contributed by atoms with Crippen molar-refractivity contribution < 1.29 is 23.8 Å². The third-order valence-electron chi connectivity index (χ3n) is 12.1. The maximum absolute atomic E-state index is 13.1. The van der Waals surface area contributed by atoms with Crippen LogP contribution in [-0.2, 0) is 27.1 Å². The van der Waals surface area contributed by atoms with Crippen LogP contribution in [0.25, 0.3) is 22.8 Å². The van der Waals surface area contributed by atoms with Gasteiger partial charge in [0.2, 0.25) is 0 Å². The summed E-state index contributed by atoms with van der Waals surface area (Å²) in [5, 5.41) is 0. The van der Waals surface area contributed by atoms with E-state index in [4.69, 9.17) is 34.1 Å². The van der Waals surface area contributed by atoms with E-state index in [1.807, 2.05) is 97.6 Å². The first-order chi connectivity index (χ1) is 31.7. The predicted molar refractivity (Wildman–Crippen MR) is 259 cm³/mol. The SMILES string of the molecule is CCCCCc1cnc(-c2ccc(C(OC(c3ccc(C(=O)OCC(C)CC)cc3)c3ccc(-c4ncc(CCCCC)cn4)cc3)c3ccc(C(=O)OCC(C)CC)cc3)cc2)nc1. The van der Waals surface area contributed by atoms with Gasteiger partial charge in [0.15, 0.2) is 11.6 Å².